The second-order valence-corrected chi connectivity index (χ2v) is 5.74. The number of para-hydroxylation sites is 1. The van der Waals surface area contributed by atoms with Gasteiger partial charge >= 0.3 is 12.0 Å². The Hall–Kier alpha value is -2.97. The van der Waals surface area contributed by atoms with Gasteiger partial charge in [-0.15, -0.1) is 0 Å². The molecule has 1 N–H and O–H groups in total. The summed E-state index contributed by atoms with van der Waals surface area (Å²) in [5, 5.41) is 2.29. The van der Waals surface area contributed by atoms with Gasteiger partial charge in [0.1, 0.15) is 23.4 Å². The van der Waals surface area contributed by atoms with Gasteiger partial charge < -0.3 is 19.7 Å². The number of anilines is 1. The van der Waals surface area contributed by atoms with Crippen LogP contribution in [-0.4, -0.2) is 47.2 Å². The standard InChI is InChI=1S/C17H18F2N4O3/c1-25-16-20-8-7-14(21-16)26-11-4-3-9-23(10-11)17(24)22-15-12(18)5-2-6-13(15)19/h2,5-8,11H,3-4,9-10H2,1H3,(H,22,24). The van der Waals surface area contributed by atoms with E-state index in [-0.39, 0.29) is 18.7 Å². The van der Waals surface area contributed by atoms with Gasteiger partial charge in [0, 0.05) is 18.8 Å². The molecular weight excluding hydrogens is 346 g/mol. The van der Waals surface area contributed by atoms with Crippen LogP contribution in [0.5, 0.6) is 11.9 Å². The average Bonchev–Trinajstić information content (AvgIpc) is 2.65. The van der Waals surface area contributed by atoms with E-state index in [1.54, 1.807) is 6.07 Å². The fraction of sp³-hybridized carbons (Fsp3) is 0.353. The lowest BCUT2D eigenvalue weighted by Crippen LogP contribution is -2.46. The Kier molecular flexibility index (Phi) is 5.45. The third kappa shape index (κ3) is 4.16. The van der Waals surface area contributed by atoms with Gasteiger partial charge in [-0.1, -0.05) is 6.07 Å². The van der Waals surface area contributed by atoms with Crippen molar-refractivity contribution in [3.05, 3.63) is 42.1 Å². The molecule has 2 heterocycles. The van der Waals surface area contributed by atoms with Gasteiger partial charge in [-0.3, -0.25) is 0 Å². The molecule has 1 unspecified atom stereocenters. The molecule has 1 aromatic carbocycles. The van der Waals surface area contributed by atoms with E-state index >= 15 is 0 Å². The first kappa shape index (κ1) is 17.8. The molecule has 26 heavy (non-hydrogen) atoms. The summed E-state index contributed by atoms with van der Waals surface area (Å²) in [6.45, 7) is 0.739. The Morgan fingerprint density at radius 1 is 1.31 bits per heavy atom. The van der Waals surface area contributed by atoms with Crippen LogP contribution in [0.4, 0.5) is 19.3 Å². The van der Waals surface area contributed by atoms with Crippen molar-refractivity contribution in [1.29, 1.82) is 0 Å². The second-order valence-electron chi connectivity index (χ2n) is 5.74. The number of urea groups is 1. The molecule has 0 aliphatic carbocycles. The van der Waals surface area contributed by atoms with Gasteiger partial charge in [-0.25, -0.2) is 18.6 Å². The number of aromatic nitrogens is 2. The zero-order valence-corrected chi connectivity index (χ0v) is 14.1. The van der Waals surface area contributed by atoms with Crippen molar-refractivity contribution in [3.63, 3.8) is 0 Å². The van der Waals surface area contributed by atoms with Crippen molar-refractivity contribution < 1.29 is 23.0 Å². The quantitative estimate of drug-likeness (QED) is 0.903. The maximum Gasteiger partial charge on any atom is 0.322 e. The monoisotopic (exact) mass is 364 g/mol. The van der Waals surface area contributed by atoms with Gasteiger partial charge in [0.25, 0.3) is 0 Å². The summed E-state index contributed by atoms with van der Waals surface area (Å²) in [6, 6.07) is 4.61. The highest BCUT2D eigenvalue weighted by atomic mass is 19.1. The van der Waals surface area contributed by atoms with Crippen LogP contribution in [0, 0.1) is 11.6 Å². The number of nitrogens with one attached hydrogen (secondary N) is 1. The fourth-order valence-electron chi connectivity index (χ4n) is 2.68. The van der Waals surface area contributed by atoms with Gasteiger partial charge in [0.05, 0.1) is 13.7 Å². The molecule has 0 spiro atoms. The van der Waals surface area contributed by atoms with Crippen LogP contribution in [0.3, 0.4) is 0 Å². The first-order chi connectivity index (χ1) is 12.6. The summed E-state index contributed by atoms with van der Waals surface area (Å²) in [5.41, 5.74) is -0.457. The van der Waals surface area contributed by atoms with Crippen LogP contribution >= 0.6 is 0 Å². The third-order valence-corrected chi connectivity index (χ3v) is 3.94. The number of amides is 2. The first-order valence-electron chi connectivity index (χ1n) is 8.10. The molecular formula is C17H18F2N4O3. The van der Waals surface area contributed by atoms with Crippen LogP contribution in [0.25, 0.3) is 0 Å². The third-order valence-electron chi connectivity index (χ3n) is 3.94. The number of hydrogen-bond acceptors (Lipinski definition) is 5. The van der Waals surface area contributed by atoms with Gasteiger partial charge in [0.2, 0.25) is 5.88 Å². The highest BCUT2D eigenvalue weighted by molar-refractivity contribution is 5.89. The molecule has 3 rings (SSSR count). The Bertz CT molecular complexity index is 770. The number of piperidine rings is 1. The normalized spacial score (nSPS) is 16.9. The number of benzene rings is 1. The van der Waals surface area contributed by atoms with E-state index < -0.39 is 23.4 Å². The smallest absolute Gasteiger partial charge is 0.322 e. The number of hydrogen-bond donors (Lipinski definition) is 1. The molecule has 9 heteroatoms. The average molecular weight is 364 g/mol. The van der Waals surface area contributed by atoms with Crippen LogP contribution in [0.15, 0.2) is 30.5 Å². The molecule has 2 aromatic rings. The zero-order chi connectivity index (χ0) is 18.5. The topological polar surface area (TPSA) is 76.6 Å². The molecule has 1 saturated heterocycles. The molecule has 2 amide bonds. The zero-order valence-electron chi connectivity index (χ0n) is 14.1. The van der Waals surface area contributed by atoms with Crippen molar-refractivity contribution in [1.82, 2.24) is 14.9 Å². The maximum atomic E-state index is 13.7. The Balaban J connectivity index is 1.63. The predicted molar refractivity (Wildman–Crippen MR) is 89.2 cm³/mol. The molecule has 0 bridgehead atoms. The summed E-state index contributed by atoms with van der Waals surface area (Å²) in [7, 11) is 1.45. The van der Waals surface area contributed by atoms with Crippen LogP contribution in [0.1, 0.15) is 12.8 Å². The van der Waals surface area contributed by atoms with Gasteiger partial charge in [-0.05, 0) is 25.0 Å². The van der Waals surface area contributed by atoms with Crippen molar-refractivity contribution in [2.24, 2.45) is 0 Å². The molecule has 1 atom stereocenters. The van der Waals surface area contributed by atoms with Crippen molar-refractivity contribution in [2.45, 2.75) is 18.9 Å². The molecule has 1 aliphatic rings. The van der Waals surface area contributed by atoms with E-state index in [4.69, 9.17) is 9.47 Å². The number of halogens is 2. The van der Waals surface area contributed by atoms with Crippen LogP contribution in [0.2, 0.25) is 0 Å². The molecule has 1 aromatic heterocycles. The fourth-order valence-corrected chi connectivity index (χ4v) is 2.68. The summed E-state index contributed by atoms with van der Waals surface area (Å²) in [6.07, 6.45) is 2.64. The number of rotatable bonds is 4. The highest BCUT2D eigenvalue weighted by Crippen LogP contribution is 2.21. The van der Waals surface area contributed by atoms with E-state index in [0.717, 1.165) is 18.6 Å². The van der Waals surface area contributed by atoms with Gasteiger partial charge in [-0.2, -0.15) is 4.98 Å². The number of likely N-dealkylation sites (tertiary alicyclic amines) is 1. The summed E-state index contributed by atoms with van der Waals surface area (Å²) < 4.78 is 38.1. The minimum Gasteiger partial charge on any atom is -0.472 e. The Labute approximate surface area is 149 Å². The molecule has 7 nitrogen and oxygen atoms in total. The number of nitrogens with zero attached hydrogens (tertiary/aromatic N) is 3. The molecule has 1 aliphatic heterocycles. The lowest BCUT2D eigenvalue weighted by atomic mass is 10.1. The minimum atomic E-state index is -0.823. The molecule has 138 valence electrons. The molecule has 0 radical (unpaired) electrons. The molecule has 0 saturated carbocycles. The summed E-state index contributed by atoms with van der Waals surface area (Å²) >= 11 is 0. The van der Waals surface area contributed by atoms with E-state index in [0.29, 0.717) is 18.8 Å². The first-order valence-corrected chi connectivity index (χ1v) is 8.10. The summed E-state index contributed by atoms with van der Waals surface area (Å²) in [4.78, 5) is 21.8. The highest BCUT2D eigenvalue weighted by Gasteiger charge is 2.26. The van der Waals surface area contributed by atoms with Crippen molar-refractivity contribution >= 4 is 11.7 Å². The number of carbonyl (C=O) groups is 1. The maximum absolute atomic E-state index is 13.7. The van der Waals surface area contributed by atoms with E-state index in [2.05, 4.69) is 15.3 Å². The number of ether oxygens (including phenoxy) is 2. The van der Waals surface area contributed by atoms with Crippen molar-refractivity contribution in [2.75, 3.05) is 25.5 Å². The minimum absolute atomic E-state index is 0.183. The molecule has 1 fully saturated rings. The predicted octanol–water partition coefficient (Wildman–Crippen LogP) is 2.84. The lowest BCUT2D eigenvalue weighted by Gasteiger charge is -2.32. The Morgan fingerprint density at radius 2 is 2.08 bits per heavy atom. The second kappa shape index (κ2) is 7.94. The number of methoxy groups -OCH3 is 1. The van der Waals surface area contributed by atoms with E-state index in [1.165, 1.54) is 24.3 Å². The van der Waals surface area contributed by atoms with Crippen LogP contribution in [-0.2, 0) is 0 Å². The van der Waals surface area contributed by atoms with E-state index in [9.17, 15) is 13.6 Å². The number of carbonyl (C=O) groups excluding carboxylic acids is 1. The summed E-state index contributed by atoms with van der Waals surface area (Å²) in [5.74, 6) is -1.31. The lowest BCUT2D eigenvalue weighted by molar-refractivity contribution is 0.102. The van der Waals surface area contributed by atoms with Crippen LogP contribution < -0.4 is 14.8 Å². The SMILES string of the molecule is COc1nccc(OC2CCCN(C(=O)Nc3c(F)cccc3F)C2)n1. The van der Waals surface area contributed by atoms with E-state index in [1.807, 2.05) is 0 Å². The van der Waals surface area contributed by atoms with Crippen molar-refractivity contribution in [3.8, 4) is 11.9 Å². The largest absolute Gasteiger partial charge is 0.472 e. The van der Waals surface area contributed by atoms with Gasteiger partial charge in [0.15, 0.2) is 0 Å². The Morgan fingerprint density at radius 3 is 2.81 bits per heavy atom.